The van der Waals surface area contributed by atoms with Gasteiger partial charge in [0.15, 0.2) is 5.75 Å². The van der Waals surface area contributed by atoms with Crippen LogP contribution in [0.1, 0.15) is 66.9 Å². The third kappa shape index (κ3) is 5.03. The Morgan fingerprint density at radius 3 is 2.41 bits per heavy atom. The van der Waals surface area contributed by atoms with Crippen molar-refractivity contribution < 1.29 is 13.6 Å². The molecule has 0 aliphatic rings. The maximum absolute atomic E-state index is 9.55. The van der Waals surface area contributed by atoms with Crippen molar-refractivity contribution in [1.82, 2.24) is 9.97 Å². The first-order chi connectivity index (χ1) is 16.2. The zero-order valence-electron chi connectivity index (χ0n) is 21.9. The molecule has 5 nitrogen and oxygen atoms in total. The van der Waals surface area contributed by atoms with Crippen molar-refractivity contribution in [3.8, 4) is 17.6 Å². The Labute approximate surface area is 199 Å². The van der Waals surface area contributed by atoms with E-state index in [1.165, 1.54) is 0 Å². The van der Waals surface area contributed by atoms with Crippen LogP contribution in [0.4, 0.5) is 0 Å². The standard InChI is InChI=1S/C26H28ClN3O2/c1-25(2,3)24-29-12-11-20(30-24)16-32-21-9-7-18(8-10-21)26(4,5)19-13-17(15-28)23(31-6)22(27)14-19/h7-14H,16H2,1-6H3/i6D3. The van der Waals surface area contributed by atoms with E-state index in [1.807, 2.05) is 50.2 Å². The summed E-state index contributed by atoms with van der Waals surface area (Å²) in [5, 5.41) is 9.63. The quantitative estimate of drug-likeness (QED) is 0.444. The van der Waals surface area contributed by atoms with E-state index in [0.29, 0.717) is 12.4 Å². The van der Waals surface area contributed by atoms with Crippen LogP contribution in [0.25, 0.3) is 0 Å². The molecule has 3 rings (SSSR count). The molecule has 0 saturated heterocycles. The van der Waals surface area contributed by atoms with Crippen molar-refractivity contribution in [2.75, 3.05) is 7.04 Å². The summed E-state index contributed by atoms with van der Waals surface area (Å²) < 4.78 is 32.8. The molecule has 32 heavy (non-hydrogen) atoms. The fourth-order valence-corrected chi connectivity index (χ4v) is 3.53. The molecule has 0 amide bonds. The SMILES string of the molecule is [2H]C([2H])([2H])Oc1c(Cl)cc(C(C)(C)c2ccc(OCc3ccnc(C(C)(C)C)n3)cc2)cc1C#N. The molecule has 166 valence electrons. The lowest BCUT2D eigenvalue weighted by atomic mass is 9.77. The van der Waals surface area contributed by atoms with Crippen molar-refractivity contribution >= 4 is 11.6 Å². The number of ether oxygens (including phenoxy) is 2. The lowest BCUT2D eigenvalue weighted by Gasteiger charge is -2.27. The van der Waals surface area contributed by atoms with Crippen LogP contribution in [0.5, 0.6) is 11.5 Å². The fourth-order valence-electron chi connectivity index (χ4n) is 3.27. The number of nitrogens with zero attached hydrogens (tertiary/aromatic N) is 3. The number of benzene rings is 2. The Hall–Kier alpha value is -3.10. The van der Waals surface area contributed by atoms with Crippen LogP contribution in [0.3, 0.4) is 0 Å². The lowest BCUT2D eigenvalue weighted by molar-refractivity contribution is 0.299. The van der Waals surface area contributed by atoms with E-state index >= 15 is 0 Å². The summed E-state index contributed by atoms with van der Waals surface area (Å²) in [6.45, 7) is 10.5. The Kier molecular flexibility index (Phi) is 5.61. The van der Waals surface area contributed by atoms with Crippen LogP contribution in [-0.4, -0.2) is 17.0 Å². The van der Waals surface area contributed by atoms with E-state index in [-0.39, 0.29) is 21.8 Å². The maximum atomic E-state index is 9.55. The van der Waals surface area contributed by atoms with Crippen LogP contribution in [0.2, 0.25) is 5.02 Å². The molecule has 0 N–H and O–H groups in total. The van der Waals surface area contributed by atoms with Gasteiger partial charge in [-0.05, 0) is 41.5 Å². The monoisotopic (exact) mass is 452 g/mol. The molecule has 0 aliphatic heterocycles. The number of aromatic nitrogens is 2. The lowest BCUT2D eigenvalue weighted by Crippen LogP contribution is -2.19. The summed E-state index contributed by atoms with van der Waals surface area (Å²) in [5.74, 6) is 1.32. The second-order valence-corrected chi connectivity index (χ2v) is 9.52. The van der Waals surface area contributed by atoms with Gasteiger partial charge in [-0.25, -0.2) is 9.97 Å². The summed E-state index contributed by atoms with van der Waals surface area (Å²) in [6, 6.07) is 14.7. The average Bonchev–Trinajstić information content (AvgIpc) is 2.78. The molecule has 1 aromatic heterocycles. The van der Waals surface area contributed by atoms with Crippen molar-refractivity contribution in [2.45, 2.75) is 52.1 Å². The van der Waals surface area contributed by atoms with Crippen LogP contribution < -0.4 is 9.47 Å². The molecule has 6 heteroatoms. The van der Waals surface area contributed by atoms with E-state index in [1.54, 1.807) is 18.3 Å². The fraction of sp³-hybridized carbons (Fsp3) is 0.346. The van der Waals surface area contributed by atoms with Gasteiger partial charge in [0.25, 0.3) is 0 Å². The van der Waals surface area contributed by atoms with Crippen LogP contribution in [0.15, 0.2) is 48.7 Å². The van der Waals surface area contributed by atoms with Gasteiger partial charge in [0.05, 0.1) is 27.4 Å². The summed E-state index contributed by atoms with van der Waals surface area (Å²) in [5.41, 5.74) is 1.91. The van der Waals surface area contributed by atoms with Gasteiger partial charge in [0, 0.05) is 17.0 Å². The number of hydrogen-bond donors (Lipinski definition) is 0. The van der Waals surface area contributed by atoms with Gasteiger partial charge >= 0.3 is 0 Å². The minimum Gasteiger partial charge on any atom is -0.494 e. The molecule has 2 aromatic carbocycles. The molecule has 0 saturated carbocycles. The maximum Gasteiger partial charge on any atom is 0.155 e. The zero-order valence-corrected chi connectivity index (χ0v) is 19.6. The highest BCUT2D eigenvalue weighted by Crippen LogP contribution is 2.38. The van der Waals surface area contributed by atoms with Crippen molar-refractivity contribution in [1.29, 1.82) is 5.26 Å². The van der Waals surface area contributed by atoms with Crippen molar-refractivity contribution in [3.05, 3.63) is 81.9 Å². The molecule has 0 fully saturated rings. The number of hydrogen-bond acceptors (Lipinski definition) is 5. The van der Waals surface area contributed by atoms with Gasteiger partial charge in [0.2, 0.25) is 0 Å². The van der Waals surface area contributed by atoms with Gasteiger partial charge in [0.1, 0.15) is 24.3 Å². The van der Waals surface area contributed by atoms with Gasteiger partial charge in [-0.2, -0.15) is 5.26 Å². The van der Waals surface area contributed by atoms with Crippen LogP contribution in [0, 0.1) is 11.3 Å². The Morgan fingerprint density at radius 1 is 1.06 bits per heavy atom. The first kappa shape index (κ1) is 19.6. The highest BCUT2D eigenvalue weighted by atomic mass is 35.5. The number of methoxy groups -OCH3 is 1. The first-order valence-corrected chi connectivity index (χ1v) is 10.6. The van der Waals surface area contributed by atoms with Gasteiger partial charge in [-0.15, -0.1) is 0 Å². The smallest absolute Gasteiger partial charge is 0.155 e. The first-order valence-electron chi connectivity index (χ1n) is 11.7. The van der Waals surface area contributed by atoms with E-state index in [9.17, 15) is 5.26 Å². The molecule has 1 heterocycles. The zero-order chi connectivity index (χ0) is 26.0. The summed E-state index contributed by atoms with van der Waals surface area (Å²) in [6.07, 6.45) is 1.74. The minimum atomic E-state index is -2.71. The molecule has 0 spiro atoms. The molecule has 0 radical (unpaired) electrons. The molecule has 0 unspecified atom stereocenters. The second kappa shape index (κ2) is 9.18. The van der Waals surface area contributed by atoms with Crippen molar-refractivity contribution in [2.24, 2.45) is 0 Å². The highest BCUT2D eigenvalue weighted by molar-refractivity contribution is 6.32. The molecule has 3 aromatic rings. The highest BCUT2D eigenvalue weighted by Gasteiger charge is 2.26. The summed E-state index contributed by atoms with van der Waals surface area (Å²) in [7, 11) is -2.71. The average molecular weight is 453 g/mol. The topological polar surface area (TPSA) is 68.0 Å². The molecular formula is C26H28ClN3O2. The third-order valence-corrected chi connectivity index (χ3v) is 5.62. The molecular weight excluding hydrogens is 422 g/mol. The van der Waals surface area contributed by atoms with E-state index in [0.717, 1.165) is 22.6 Å². The third-order valence-electron chi connectivity index (χ3n) is 5.33. The predicted molar refractivity (Wildman–Crippen MR) is 126 cm³/mol. The summed E-state index contributed by atoms with van der Waals surface area (Å²) >= 11 is 6.32. The minimum absolute atomic E-state index is 0.0659. The Balaban J connectivity index is 1.80. The van der Waals surface area contributed by atoms with Gasteiger partial charge in [-0.3, -0.25) is 0 Å². The number of nitriles is 1. The molecule has 0 aliphatic carbocycles. The van der Waals surface area contributed by atoms with Crippen LogP contribution in [-0.2, 0) is 17.4 Å². The Bertz CT molecular complexity index is 1240. The van der Waals surface area contributed by atoms with E-state index in [4.69, 9.17) is 25.2 Å². The van der Waals surface area contributed by atoms with Crippen molar-refractivity contribution in [3.63, 3.8) is 0 Å². The predicted octanol–water partition coefficient (Wildman–Crippen LogP) is 6.21. The number of rotatable bonds is 6. The largest absolute Gasteiger partial charge is 0.494 e. The Morgan fingerprint density at radius 2 is 1.78 bits per heavy atom. The van der Waals surface area contributed by atoms with Gasteiger partial charge in [-0.1, -0.05) is 58.4 Å². The second-order valence-electron chi connectivity index (χ2n) is 9.11. The van der Waals surface area contributed by atoms with Gasteiger partial charge < -0.3 is 9.47 Å². The normalized spacial score (nSPS) is 13.5. The van der Waals surface area contributed by atoms with E-state index in [2.05, 4.69) is 30.7 Å². The number of halogens is 1. The van der Waals surface area contributed by atoms with Crippen LogP contribution >= 0.6 is 11.6 Å². The summed E-state index contributed by atoms with van der Waals surface area (Å²) in [4.78, 5) is 8.93. The molecule has 0 atom stereocenters. The molecule has 0 bridgehead atoms. The van der Waals surface area contributed by atoms with E-state index < -0.39 is 12.5 Å².